The summed E-state index contributed by atoms with van der Waals surface area (Å²) in [4.78, 5) is 12.0. The summed E-state index contributed by atoms with van der Waals surface area (Å²) in [5, 5.41) is 3.70. The molecule has 2 rings (SSSR count). The van der Waals surface area contributed by atoms with Crippen LogP contribution in [0.15, 0.2) is 10.7 Å². The lowest BCUT2D eigenvalue weighted by Crippen LogP contribution is -2.51. The fraction of sp³-hybridized carbons (Fsp3) is 0.733. The topological polar surface area (TPSA) is 111 Å². The third-order valence-electron chi connectivity index (χ3n) is 3.60. The molecule has 0 atom stereocenters. The van der Waals surface area contributed by atoms with Gasteiger partial charge in [-0.25, -0.2) is 13.8 Å². The molecule has 0 spiro atoms. The highest BCUT2D eigenvalue weighted by Crippen LogP contribution is 2.29. The molecule has 1 fully saturated rings. The van der Waals surface area contributed by atoms with Gasteiger partial charge in [0.1, 0.15) is 5.60 Å². The maximum atomic E-state index is 12.9. The molecule has 1 aromatic heterocycles. The molecular weight excluding hydrogens is 350 g/mol. The van der Waals surface area contributed by atoms with E-state index in [2.05, 4.69) is 5.16 Å². The largest absolute Gasteiger partial charge is 0.443 e. The number of anilines is 1. The first-order valence-corrected chi connectivity index (χ1v) is 9.64. The first kappa shape index (κ1) is 19.5. The number of carbonyl (C=O) groups is 1. The van der Waals surface area contributed by atoms with Gasteiger partial charge in [0, 0.05) is 18.8 Å². The fourth-order valence-electron chi connectivity index (χ4n) is 2.52. The first-order valence-electron chi connectivity index (χ1n) is 8.20. The third kappa shape index (κ3) is 5.08. The summed E-state index contributed by atoms with van der Waals surface area (Å²) in [7, 11) is -4.23. The van der Waals surface area contributed by atoms with E-state index < -0.39 is 27.9 Å². The number of rotatable bonds is 5. The van der Waals surface area contributed by atoms with E-state index in [1.54, 1.807) is 20.8 Å². The van der Waals surface area contributed by atoms with Gasteiger partial charge in [-0.2, -0.15) is 8.42 Å². The highest BCUT2D eigenvalue weighted by atomic mass is 32.2. The van der Waals surface area contributed by atoms with E-state index in [1.165, 1.54) is 6.20 Å². The number of carbonyl (C=O) groups excluding carboxylic acids is 1. The highest BCUT2D eigenvalue weighted by Gasteiger charge is 2.37. The summed E-state index contributed by atoms with van der Waals surface area (Å²) in [6.07, 6.45) is 1.95. The van der Waals surface area contributed by atoms with Gasteiger partial charge in [0.25, 0.3) is 0 Å². The second kappa shape index (κ2) is 7.61. The van der Waals surface area contributed by atoms with E-state index in [4.69, 9.17) is 14.0 Å². The lowest BCUT2D eigenvalue weighted by atomic mass is 10.1. The number of aryl methyl sites for hydroxylation is 1. The Hall–Kier alpha value is -1.81. The van der Waals surface area contributed by atoms with Crippen LogP contribution in [0, 0.1) is 0 Å². The molecule has 0 unspecified atom stereocenters. The SMILES string of the molecule is CCc1cnoc1N(C1CCOCC1)S(=O)(=O)NC(=O)OC(C)(C)C. The van der Waals surface area contributed by atoms with Gasteiger partial charge in [0.2, 0.25) is 5.88 Å². The monoisotopic (exact) mass is 375 g/mol. The molecule has 0 saturated carbocycles. The van der Waals surface area contributed by atoms with Crippen LogP contribution in [-0.4, -0.2) is 44.5 Å². The van der Waals surface area contributed by atoms with Gasteiger partial charge in [0.05, 0.1) is 12.2 Å². The molecule has 1 N–H and O–H groups in total. The molecule has 1 aliphatic heterocycles. The molecule has 142 valence electrons. The van der Waals surface area contributed by atoms with E-state index >= 15 is 0 Å². The van der Waals surface area contributed by atoms with E-state index in [9.17, 15) is 13.2 Å². The van der Waals surface area contributed by atoms with E-state index in [0.29, 0.717) is 38.0 Å². The van der Waals surface area contributed by atoms with Gasteiger partial charge >= 0.3 is 16.3 Å². The van der Waals surface area contributed by atoms with Crippen molar-refractivity contribution in [2.75, 3.05) is 17.5 Å². The Morgan fingerprint density at radius 2 is 2.04 bits per heavy atom. The Kier molecular flexibility index (Phi) is 5.94. The van der Waals surface area contributed by atoms with E-state index in [1.807, 2.05) is 11.6 Å². The second-order valence-corrected chi connectivity index (χ2v) is 8.31. The lowest BCUT2D eigenvalue weighted by molar-refractivity contribution is 0.0569. The van der Waals surface area contributed by atoms with Crippen molar-refractivity contribution in [1.29, 1.82) is 0 Å². The van der Waals surface area contributed by atoms with Crippen LogP contribution in [0.5, 0.6) is 0 Å². The first-order chi connectivity index (χ1) is 11.6. The van der Waals surface area contributed by atoms with Gasteiger partial charge in [0.15, 0.2) is 0 Å². The summed E-state index contributed by atoms with van der Waals surface area (Å²) in [6.45, 7) is 7.69. The van der Waals surface area contributed by atoms with Crippen LogP contribution in [0.1, 0.15) is 46.1 Å². The van der Waals surface area contributed by atoms with Gasteiger partial charge in [-0.05, 0) is 40.0 Å². The number of nitrogens with zero attached hydrogens (tertiary/aromatic N) is 2. The number of nitrogens with one attached hydrogen (secondary N) is 1. The van der Waals surface area contributed by atoms with Crippen LogP contribution in [0.4, 0.5) is 10.7 Å². The van der Waals surface area contributed by atoms with Crippen molar-refractivity contribution >= 4 is 22.2 Å². The Morgan fingerprint density at radius 3 is 2.60 bits per heavy atom. The standard InChI is InChI=1S/C15H25N3O6S/c1-5-11-10-16-24-13(11)18(12-6-8-22-9-7-12)25(20,21)17-14(19)23-15(2,3)4/h10,12H,5-9H2,1-4H3,(H,17,19). The molecule has 9 nitrogen and oxygen atoms in total. The predicted octanol–water partition coefficient (Wildman–Crippen LogP) is 1.99. The molecule has 1 aromatic rings. The van der Waals surface area contributed by atoms with Crippen LogP contribution in [0.25, 0.3) is 0 Å². The Balaban J connectivity index is 2.32. The minimum Gasteiger partial charge on any atom is -0.443 e. The molecule has 1 saturated heterocycles. The molecule has 1 aliphatic rings. The Morgan fingerprint density at radius 1 is 1.40 bits per heavy atom. The maximum absolute atomic E-state index is 12.9. The molecule has 0 aromatic carbocycles. The normalized spacial score (nSPS) is 16.5. The van der Waals surface area contributed by atoms with Crippen molar-refractivity contribution in [3.05, 3.63) is 11.8 Å². The summed E-state index contributed by atoms with van der Waals surface area (Å²) in [5.74, 6) is 0.116. The molecule has 10 heteroatoms. The maximum Gasteiger partial charge on any atom is 0.422 e. The van der Waals surface area contributed by atoms with Crippen molar-refractivity contribution in [2.24, 2.45) is 0 Å². The minimum atomic E-state index is -4.23. The van der Waals surface area contributed by atoms with Crippen molar-refractivity contribution in [1.82, 2.24) is 9.88 Å². The van der Waals surface area contributed by atoms with E-state index in [-0.39, 0.29) is 5.88 Å². The Labute approximate surface area is 147 Å². The van der Waals surface area contributed by atoms with Crippen molar-refractivity contribution < 1.29 is 27.2 Å². The molecule has 0 bridgehead atoms. The molecular formula is C15H25N3O6S. The Bertz CT molecular complexity index is 688. The zero-order valence-corrected chi connectivity index (χ0v) is 15.8. The molecule has 0 radical (unpaired) electrons. The summed E-state index contributed by atoms with van der Waals surface area (Å²) in [6, 6.07) is -0.396. The van der Waals surface area contributed by atoms with Gasteiger partial charge in [-0.1, -0.05) is 12.1 Å². The molecule has 2 heterocycles. The van der Waals surface area contributed by atoms with Gasteiger partial charge in [-0.3, -0.25) is 0 Å². The quantitative estimate of drug-likeness (QED) is 0.838. The number of amides is 1. The number of hydrogen-bond acceptors (Lipinski definition) is 7. The fourth-order valence-corrected chi connectivity index (χ4v) is 3.85. The van der Waals surface area contributed by atoms with Crippen LogP contribution >= 0.6 is 0 Å². The van der Waals surface area contributed by atoms with Gasteiger partial charge in [-0.15, -0.1) is 0 Å². The zero-order chi connectivity index (χ0) is 18.7. The number of hydrogen-bond donors (Lipinski definition) is 1. The van der Waals surface area contributed by atoms with E-state index in [0.717, 1.165) is 4.31 Å². The molecule has 0 aliphatic carbocycles. The highest BCUT2D eigenvalue weighted by molar-refractivity contribution is 7.91. The zero-order valence-electron chi connectivity index (χ0n) is 14.9. The second-order valence-electron chi connectivity index (χ2n) is 6.76. The summed E-state index contributed by atoms with van der Waals surface area (Å²) < 4.78 is 44.4. The number of aromatic nitrogens is 1. The third-order valence-corrected chi connectivity index (χ3v) is 5.00. The van der Waals surface area contributed by atoms with Crippen LogP contribution in [0.2, 0.25) is 0 Å². The van der Waals surface area contributed by atoms with Crippen LogP contribution in [0.3, 0.4) is 0 Å². The molecule has 25 heavy (non-hydrogen) atoms. The van der Waals surface area contributed by atoms with Crippen LogP contribution < -0.4 is 9.03 Å². The summed E-state index contributed by atoms with van der Waals surface area (Å²) >= 11 is 0. The number of ether oxygens (including phenoxy) is 2. The van der Waals surface area contributed by atoms with Crippen molar-refractivity contribution in [3.63, 3.8) is 0 Å². The van der Waals surface area contributed by atoms with Crippen molar-refractivity contribution in [3.8, 4) is 0 Å². The minimum absolute atomic E-state index is 0.116. The average Bonchev–Trinajstić information content (AvgIpc) is 2.93. The van der Waals surface area contributed by atoms with Crippen LogP contribution in [-0.2, 0) is 26.1 Å². The molecule has 1 amide bonds. The summed E-state index contributed by atoms with van der Waals surface area (Å²) in [5.41, 5.74) is -0.176. The smallest absolute Gasteiger partial charge is 0.422 e. The predicted molar refractivity (Wildman–Crippen MR) is 90.5 cm³/mol. The average molecular weight is 375 g/mol. The van der Waals surface area contributed by atoms with Gasteiger partial charge < -0.3 is 14.0 Å². The lowest BCUT2D eigenvalue weighted by Gasteiger charge is -2.33. The van der Waals surface area contributed by atoms with Crippen molar-refractivity contribution in [2.45, 2.75) is 58.6 Å².